The number of ether oxygens (including phenoxy) is 1. The summed E-state index contributed by atoms with van der Waals surface area (Å²) in [5.74, 6) is 0. The van der Waals surface area contributed by atoms with Gasteiger partial charge in [0, 0.05) is 6.20 Å². The molecule has 0 bridgehead atoms. The van der Waals surface area contributed by atoms with Gasteiger partial charge in [0.25, 0.3) is 0 Å². The highest BCUT2D eigenvalue weighted by molar-refractivity contribution is 5.72. The van der Waals surface area contributed by atoms with E-state index in [9.17, 15) is 4.79 Å². The lowest BCUT2D eigenvalue weighted by Gasteiger charge is -2.05. The normalized spacial score (nSPS) is 16.1. The van der Waals surface area contributed by atoms with Crippen LogP contribution in [0.25, 0.3) is 6.08 Å². The van der Waals surface area contributed by atoms with E-state index in [4.69, 9.17) is 4.74 Å². The molecule has 3 nitrogen and oxygen atoms in total. The van der Waals surface area contributed by atoms with Gasteiger partial charge in [-0.3, -0.25) is 4.90 Å². The van der Waals surface area contributed by atoms with Gasteiger partial charge in [-0.15, -0.1) is 0 Å². The predicted molar refractivity (Wildman–Crippen MR) is 58.3 cm³/mol. The molecule has 0 unspecified atom stereocenters. The molecule has 0 atom stereocenters. The standard InChI is InChI=1S/C12H13NO2/c1-10-4-2-3-5-11(10)6-7-13-8-9-15-12(13)14/h2-7H,8-9H2,1H3/b7-6+. The van der Waals surface area contributed by atoms with Crippen LogP contribution in [0.2, 0.25) is 0 Å². The van der Waals surface area contributed by atoms with E-state index >= 15 is 0 Å². The monoisotopic (exact) mass is 203 g/mol. The topological polar surface area (TPSA) is 29.5 Å². The number of rotatable bonds is 2. The summed E-state index contributed by atoms with van der Waals surface area (Å²) in [5, 5.41) is 0. The van der Waals surface area contributed by atoms with Crippen LogP contribution in [0.15, 0.2) is 30.5 Å². The summed E-state index contributed by atoms with van der Waals surface area (Å²) >= 11 is 0. The summed E-state index contributed by atoms with van der Waals surface area (Å²) in [4.78, 5) is 12.7. The minimum atomic E-state index is -0.264. The Hall–Kier alpha value is -1.77. The van der Waals surface area contributed by atoms with E-state index in [1.54, 1.807) is 11.1 Å². The van der Waals surface area contributed by atoms with Crippen molar-refractivity contribution in [3.8, 4) is 0 Å². The Kier molecular flexibility index (Phi) is 2.72. The number of hydrogen-bond donors (Lipinski definition) is 0. The number of benzene rings is 1. The van der Waals surface area contributed by atoms with Crippen LogP contribution >= 0.6 is 0 Å². The number of cyclic esters (lactones) is 1. The van der Waals surface area contributed by atoms with E-state index in [-0.39, 0.29) is 6.09 Å². The minimum absolute atomic E-state index is 0.264. The fourth-order valence-electron chi connectivity index (χ4n) is 1.48. The summed E-state index contributed by atoms with van der Waals surface area (Å²) in [5.41, 5.74) is 2.32. The third kappa shape index (κ3) is 2.18. The second-order valence-electron chi connectivity index (χ2n) is 3.48. The maximum atomic E-state index is 11.1. The van der Waals surface area contributed by atoms with E-state index in [1.165, 1.54) is 5.56 Å². The van der Waals surface area contributed by atoms with Gasteiger partial charge in [0.1, 0.15) is 6.61 Å². The van der Waals surface area contributed by atoms with Gasteiger partial charge >= 0.3 is 6.09 Å². The van der Waals surface area contributed by atoms with Crippen molar-refractivity contribution in [1.82, 2.24) is 4.90 Å². The first-order valence-electron chi connectivity index (χ1n) is 4.94. The van der Waals surface area contributed by atoms with Crippen LogP contribution in [0.3, 0.4) is 0 Å². The molecule has 0 aliphatic carbocycles. The molecule has 1 aliphatic rings. The molecular formula is C12H13NO2. The molecule has 1 saturated heterocycles. The molecule has 2 rings (SSSR count). The second-order valence-corrected chi connectivity index (χ2v) is 3.48. The zero-order valence-electron chi connectivity index (χ0n) is 8.64. The fourth-order valence-corrected chi connectivity index (χ4v) is 1.48. The third-order valence-corrected chi connectivity index (χ3v) is 2.41. The number of amides is 1. The van der Waals surface area contributed by atoms with Crippen LogP contribution in [0.4, 0.5) is 4.79 Å². The Labute approximate surface area is 89.0 Å². The number of aryl methyl sites for hydroxylation is 1. The van der Waals surface area contributed by atoms with Crippen molar-refractivity contribution in [2.45, 2.75) is 6.92 Å². The fraction of sp³-hybridized carbons (Fsp3) is 0.250. The molecular weight excluding hydrogens is 190 g/mol. The molecule has 1 aromatic carbocycles. The van der Waals surface area contributed by atoms with Crippen molar-refractivity contribution in [2.75, 3.05) is 13.2 Å². The van der Waals surface area contributed by atoms with Gasteiger partial charge in [0.15, 0.2) is 0 Å². The molecule has 78 valence electrons. The highest BCUT2D eigenvalue weighted by Crippen LogP contribution is 2.11. The van der Waals surface area contributed by atoms with E-state index in [1.807, 2.05) is 37.3 Å². The molecule has 3 heteroatoms. The van der Waals surface area contributed by atoms with Crippen LogP contribution < -0.4 is 0 Å². The Balaban J connectivity index is 2.11. The van der Waals surface area contributed by atoms with Crippen molar-refractivity contribution in [3.63, 3.8) is 0 Å². The lowest BCUT2D eigenvalue weighted by molar-refractivity contribution is 0.166. The van der Waals surface area contributed by atoms with Gasteiger partial charge in [0.2, 0.25) is 0 Å². The van der Waals surface area contributed by atoms with E-state index in [0.717, 1.165) is 5.56 Å². The summed E-state index contributed by atoms with van der Waals surface area (Å²) < 4.78 is 4.82. The van der Waals surface area contributed by atoms with Gasteiger partial charge in [-0.25, -0.2) is 4.79 Å². The predicted octanol–water partition coefficient (Wildman–Crippen LogP) is 2.42. The Morgan fingerprint density at radius 2 is 2.20 bits per heavy atom. The highest BCUT2D eigenvalue weighted by Gasteiger charge is 2.18. The van der Waals surface area contributed by atoms with Crippen molar-refractivity contribution < 1.29 is 9.53 Å². The van der Waals surface area contributed by atoms with Crippen molar-refractivity contribution in [3.05, 3.63) is 41.6 Å². The van der Waals surface area contributed by atoms with Gasteiger partial charge in [0.05, 0.1) is 6.54 Å². The number of nitrogens with zero attached hydrogens (tertiary/aromatic N) is 1. The first-order valence-corrected chi connectivity index (χ1v) is 4.94. The quantitative estimate of drug-likeness (QED) is 0.738. The molecule has 1 aliphatic heterocycles. The van der Waals surface area contributed by atoms with E-state index in [0.29, 0.717) is 13.2 Å². The minimum Gasteiger partial charge on any atom is -0.447 e. The van der Waals surface area contributed by atoms with Crippen LogP contribution in [0.1, 0.15) is 11.1 Å². The van der Waals surface area contributed by atoms with Crippen molar-refractivity contribution in [2.24, 2.45) is 0 Å². The molecule has 15 heavy (non-hydrogen) atoms. The van der Waals surface area contributed by atoms with Gasteiger partial charge in [-0.05, 0) is 24.1 Å². The maximum absolute atomic E-state index is 11.1. The van der Waals surface area contributed by atoms with Crippen molar-refractivity contribution >= 4 is 12.2 Å². The average molecular weight is 203 g/mol. The van der Waals surface area contributed by atoms with Crippen LogP contribution in [0.5, 0.6) is 0 Å². The zero-order chi connectivity index (χ0) is 10.7. The first kappa shape index (κ1) is 9.77. The molecule has 0 N–H and O–H groups in total. The summed E-state index contributed by atoms with van der Waals surface area (Å²) in [7, 11) is 0. The molecule has 1 amide bonds. The summed E-state index contributed by atoms with van der Waals surface area (Å²) in [6, 6.07) is 8.04. The van der Waals surface area contributed by atoms with Crippen molar-refractivity contribution in [1.29, 1.82) is 0 Å². The lowest BCUT2D eigenvalue weighted by atomic mass is 10.1. The summed E-state index contributed by atoms with van der Waals surface area (Å²) in [6.45, 7) is 3.17. The van der Waals surface area contributed by atoms with Gasteiger partial charge in [-0.2, -0.15) is 0 Å². The van der Waals surface area contributed by atoms with Gasteiger partial charge in [-0.1, -0.05) is 24.3 Å². The zero-order valence-corrected chi connectivity index (χ0v) is 8.64. The molecule has 0 radical (unpaired) electrons. The summed E-state index contributed by atoms with van der Waals surface area (Å²) in [6.07, 6.45) is 3.44. The third-order valence-electron chi connectivity index (χ3n) is 2.41. The number of hydrogen-bond acceptors (Lipinski definition) is 2. The molecule has 0 aromatic heterocycles. The highest BCUT2D eigenvalue weighted by atomic mass is 16.6. The van der Waals surface area contributed by atoms with Crippen LogP contribution in [0, 0.1) is 6.92 Å². The van der Waals surface area contributed by atoms with E-state index in [2.05, 4.69) is 0 Å². The molecule has 1 aromatic rings. The largest absolute Gasteiger partial charge is 0.447 e. The Bertz CT molecular complexity index is 398. The Morgan fingerprint density at radius 1 is 1.40 bits per heavy atom. The molecule has 0 saturated carbocycles. The van der Waals surface area contributed by atoms with E-state index < -0.39 is 0 Å². The number of carbonyl (C=O) groups excluding carboxylic acids is 1. The smallest absolute Gasteiger partial charge is 0.413 e. The average Bonchev–Trinajstić information content (AvgIpc) is 2.63. The Morgan fingerprint density at radius 3 is 2.87 bits per heavy atom. The second kappa shape index (κ2) is 4.17. The lowest BCUT2D eigenvalue weighted by Crippen LogP contribution is -2.16. The molecule has 1 fully saturated rings. The molecule has 0 spiro atoms. The van der Waals surface area contributed by atoms with Crippen LogP contribution in [-0.2, 0) is 4.74 Å². The van der Waals surface area contributed by atoms with Crippen LogP contribution in [-0.4, -0.2) is 24.1 Å². The SMILES string of the molecule is Cc1ccccc1/C=C/N1CCOC1=O. The first-order chi connectivity index (χ1) is 7.27. The molecule has 1 heterocycles. The van der Waals surface area contributed by atoms with Gasteiger partial charge < -0.3 is 4.74 Å². The number of carbonyl (C=O) groups is 1. The maximum Gasteiger partial charge on any atom is 0.413 e.